The Hall–Kier alpha value is -4.20. The van der Waals surface area contributed by atoms with E-state index in [1.54, 1.807) is 35.3 Å². The van der Waals surface area contributed by atoms with Crippen molar-refractivity contribution >= 4 is 17.7 Å². The van der Waals surface area contributed by atoms with E-state index in [0.717, 1.165) is 0 Å². The van der Waals surface area contributed by atoms with E-state index in [-0.39, 0.29) is 24.7 Å². The molecule has 158 valence electrons. The van der Waals surface area contributed by atoms with Crippen LogP contribution >= 0.6 is 0 Å². The number of hydrogen-bond acceptors (Lipinski definition) is 6. The molecule has 10 nitrogen and oxygen atoms in total. The molecule has 0 spiro atoms. The van der Waals surface area contributed by atoms with E-state index in [9.17, 15) is 14.0 Å². The summed E-state index contributed by atoms with van der Waals surface area (Å²) in [6.45, 7) is 2.15. The second kappa shape index (κ2) is 8.27. The van der Waals surface area contributed by atoms with Crippen molar-refractivity contribution in [2.45, 2.75) is 19.6 Å². The van der Waals surface area contributed by atoms with E-state index in [0.29, 0.717) is 23.5 Å². The SMILES string of the molecule is CC(=O)NCC1CN(c2ccc(-n3cc(Cn4ccc(C#N)c4)nn3)c(F)c2)C(=O)O1. The van der Waals surface area contributed by atoms with Gasteiger partial charge in [0.25, 0.3) is 0 Å². The van der Waals surface area contributed by atoms with Crippen LogP contribution in [0.15, 0.2) is 42.9 Å². The first-order valence-electron chi connectivity index (χ1n) is 9.42. The number of cyclic esters (lactones) is 1. The molecule has 0 radical (unpaired) electrons. The van der Waals surface area contributed by atoms with E-state index >= 15 is 0 Å². The molecule has 0 aliphatic carbocycles. The molecular weight excluding hydrogens is 405 g/mol. The zero-order chi connectivity index (χ0) is 22.0. The fourth-order valence-electron chi connectivity index (χ4n) is 3.23. The summed E-state index contributed by atoms with van der Waals surface area (Å²) in [6.07, 6.45) is 3.92. The van der Waals surface area contributed by atoms with Gasteiger partial charge in [-0.2, -0.15) is 5.26 Å². The molecule has 1 aliphatic heterocycles. The van der Waals surface area contributed by atoms with Gasteiger partial charge in [0.1, 0.15) is 23.6 Å². The molecule has 1 unspecified atom stereocenters. The van der Waals surface area contributed by atoms with Crippen LogP contribution in [0.5, 0.6) is 0 Å². The molecule has 1 aliphatic rings. The summed E-state index contributed by atoms with van der Waals surface area (Å²) in [5.74, 6) is -0.806. The molecular formula is C20H18FN7O3. The van der Waals surface area contributed by atoms with Crippen molar-refractivity contribution in [1.29, 1.82) is 5.26 Å². The zero-order valence-electron chi connectivity index (χ0n) is 16.5. The largest absolute Gasteiger partial charge is 0.442 e. The highest BCUT2D eigenvalue weighted by Gasteiger charge is 2.32. The fraction of sp³-hybridized carbons (Fsp3) is 0.250. The van der Waals surface area contributed by atoms with Crippen LogP contribution in [-0.2, 0) is 16.1 Å². The first-order chi connectivity index (χ1) is 14.9. The molecule has 2 amide bonds. The number of carbonyl (C=O) groups excluding carboxylic acids is 2. The third-order valence-corrected chi connectivity index (χ3v) is 4.71. The van der Waals surface area contributed by atoms with Crippen LogP contribution in [0.2, 0.25) is 0 Å². The minimum absolute atomic E-state index is 0.176. The minimum atomic E-state index is -0.603. The van der Waals surface area contributed by atoms with Gasteiger partial charge in [0.15, 0.2) is 5.82 Å². The van der Waals surface area contributed by atoms with Crippen LogP contribution in [0.3, 0.4) is 0 Å². The van der Waals surface area contributed by atoms with Gasteiger partial charge in [-0.05, 0) is 24.3 Å². The quantitative estimate of drug-likeness (QED) is 0.643. The Kier molecular flexibility index (Phi) is 5.36. The minimum Gasteiger partial charge on any atom is -0.442 e. The molecule has 4 rings (SSSR count). The Labute approximate surface area is 176 Å². The van der Waals surface area contributed by atoms with Crippen molar-refractivity contribution in [3.8, 4) is 11.8 Å². The van der Waals surface area contributed by atoms with Gasteiger partial charge >= 0.3 is 6.09 Å². The Morgan fingerprint density at radius 1 is 1.39 bits per heavy atom. The molecule has 3 aromatic rings. The maximum Gasteiger partial charge on any atom is 0.414 e. The van der Waals surface area contributed by atoms with E-state index in [4.69, 9.17) is 10.00 Å². The molecule has 1 atom stereocenters. The molecule has 1 saturated heterocycles. The molecule has 2 aromatic heterocycles. The number of carbonyl (C=O) groups is 2. The van der Waals surface area contributed by atoms with Crippen molar-refractivity contribution < 1.29 is 18.7 Å². The Balaban J connectivity index is 1.47. The highest BCUT2D eigenvalue weighted by atomic mass is 19.1. The molecule has 0 bridgehead atoms. The smallest absolute Gasteiger partial charge is 0.414 e. The van der Waals surface area contributed by atoms with Gasteiger partial charge in [0.05, 0.1) is 37.1 Å². The third kappa shape index (κ3) is 4.37. The van der Waals surface area contributed by atoms with Gasteiger partial charge in [0.2, 0.25) is 5.91 Å². The Morgan fingerprint density at radius 2 is 2.23 bits per heavy atom. The molecule has 11 heteroatoms. The summed E-state index contributed by atoms with van der Waals surface area (Å²) in [4.78, 5) is 24.5. The van der Waals surface area contributed by atoms with Crippen LogP contribution in [-0.4, -0.2) is 50.8 Å². The van der Waals surface area contributed by atoms with Crippen LogP contribution in [0.4, 0.5) is 14.9 Å². The molecule has 1 N–H and O–H groups in total. The summed E-state index contributed by atoms with van der Waals surface area (Å²) in [5.41, 5.74) is 1.64. The number of aromatic nitrogens is 4. The van der Waals surface area contributed by atoms with Crippen LogP contribution in [0.1, 0.15) is 18.2 Å². The monoisotopic (exact) mass is 423 g/mol. The number of ether oxygens (including phenoxy) is 1. The number of halogens is 1. The lowest BCUT2D eigenvalue weighted by atomic mass is 10.2. The van der Waals surface area contributed by atoms with E-state index in [2.05, 4.69) is 21.7 Å². The van der Waals surface area contributed by atoms with Crippen LogP contribution < -0.4 is 10.2 Å². The van der Waals surface area contributed by atoms with Crippen molar-refractivity contribution in [2.75, 3.05) is 18.0 Å². The molecule has 1 fully saturated rings. The maximum atomic E-state index is 14.8. The Morgan fingerprint density at radius 3 is 2.94 bits per heavy atom. The second-order valence-electron chi connectivity index (χ2n) is 7.03. The number of anilines is 1. The summed E-state index contributed by atoms with van der Waals surface area (Å²) in [6, 6.07) is 8.06. The molecule has 0 saturated carbocycles. The normalized spacial score (nSPS) is 15.6. The predicted molar refractivity (Wildman–Crippen MR) is 106 cm³/mol. The number of nitrogens with zero attached hydrogens (tertiary/aromatic N) is 6. The first kappa shape index (κ1) is 20.1. The van der Waals surface area contributed by atoms with E-state index in [1.165, 1.54) is 28.6 Å². The number of amides is 2. The van der Waals surface area contributed by atoms with Crippen molar-refractivity contribution in [2.24, 2.45) is 0 Å². The predicted octanol–water partition coefficient (Wildman–Crippen LogP) is 1.59. The summed E-state index contributed by atoms with van der Waals surface area (Å²) >= 11 is 0. The lowest BCUT2D eigenvalue weighted by Crippen LogP contribution is -2.33. The van der Waals surface area contributed by atoms with E-state index in [1.807, 2.05) is 0 Å². The van der Waals surface area contributed by atoms with Gasteiger partial charge < -0.3 is 14.6 Å². The summed E-state index contributed by atoms with van der Waals surface area (Å²) in [7, 11) is 0. The number of benzene rings is 1. The second-order valence-corrected chi connectivity index (χ2v) is 7.03. The van der Waals surface area contributed by atoms with Crippen molar-refractivity contribution in [1.82, 2.24) is 24.9 Å². The average Bonchev–Trinajstić information content (AvgIpc) is 3.47. The maximum absolute atomic E-state index is 14.8. The molecule has 1 aromatic carbocycles. The number of rotatable bonds is 6. The highest BCUT2D eigenvalue weighted by Crippen LogP contribution is 2.25. The summed E-state index contributed by atoms with van der Waals surface area (Å²) in [5, 5.41) is 19.5. The molecule has 3 heterocycles. The first-order valence-corrected chi connectivity index (χ1v) is 9.42. The van der Waals surface area contributed by atoms with E-state index < -0.39 is 18.0 Å². The van der Waals surface area contributed by atoms with Crippen molar-refractivity contribution in [3.63, 3.8) is 0 Å². The number of nitrogens with one attached hydrogen (secondary N) is 1. The number of hydrogen-bond donors (Lipinski definition) is 1. The fourth-order valence-corrected chi connectivity index (χ4v) is 3.23. The standard InChI is InChI=1S/C20H18FN7O3/c1-13(29)23-8-17-12-27(20(30)31-17)16-2-3-19(18(21)6-16)28-11-15(24-25-28)10-26-5-4-14(7-22)9-26/h2-6,9,11,17H,8,10,12H2,1H3,(H,23,29). The van der Waals surface area contributed by atoms with Crippen molar-refractivity contribution in [3.05, 3.63) is 59.9 Å². The zero-order valence-corrected chi connectivity index (χ0v) is 16.5. The number of nitriles is 1. The molecule has 31 heavy (non-hydrogen) atoms. The van der Waals surface area contributed by atoms with Crippen LogP contribution in [0.25, 0.3) is 5.69 Å². The summed E-state index contributed by atoms with van der Waals surface area (Å²) < 4.78 is 23.1. The van der Waals surface area contributed by atoms with Crippen LogP contribution in [0, 0.1) is 17.1 Å². The topological polar surface area (TPSA) is 118 Å². The average molecular weight is 423 g/mol. The highest BCUT2D eigenvalue weighted by molar-refractivity contribution is 5.90. The lowest BCUT2D eigenvalue weighted by Gasteiger charge is -2.14. The van der Waals surface area contributed by atoms with Gasteiger partial charge in [-0.3, -0.25) is 9.69 Å². The lowest BCUT2D eigenvalue weighted by molar-refractivity contribution is -0.119. The van der Waals surface area contributed by atoms with Gasteiger partial charge in [-0.25, -0.2) is 13.9 Å². The van der Waals surface area contributed by atoms with Gasteiger partial charge in [-0.1, -0.05) is 5.21 Å². The van der Waals surface area contributed by atoms with Gasteiger partial charge in [0, 0.05) is 19.3 Å². The third-order valence-electron chi connectivity index (χ3n) is 4.71. The van der Waals surface area contributed by atoms with Gasteiger partial charge in [-0.15, -0.1) is 5.10 Å². The Bertz CT molecular complexity index is 1180.